The molecule has 3 aromatic rings. The van der Waals surface area contributed by atoms with E-state index < -0.39 is 0 Å². The van der Waals surface area contributed by atoms with E-state index >= 15 is 0 Å². The van der Waals surface area contributed by atoms with Crippen molar-refractivity contribution in [2.45, 2.75) is 6.54 Å². The SMILES string of the molecule is COc1ccccc1NC(=O)c1cc(NCc2ccc(F)cc2)ncn1. The molecule has 2 N–H and O–H groups in total. The summed E-state index contributed by atoms with van der Waals surface area (Å²) in [7, 11) is 1.53. The van der Waals surface area contributed by atoms with Crippen LogP contribution in [-0.2, 0) is 6.54 Å². The Morgan fingerprint density at radius 3 is 2.65 bits per heavy atom. The van der Waals surface area contributed by atoms with E-state index in [0.717, 1.165) is 5.56 Å². The first-order valence-corrected chi connectivity index (χ1v) is 7.90. The number of hydrogen-bond acceptors (Lipinski definition) is 5. The van der Waals surface area contributed by atoms with E-state index in [0.29, 0.717) is 23.8 Å². The number of hydrogen-bond donors (Lipinski definition) is 2. The largest absolute Gasteiger partial charge is 0.495 e. The third-order valence-electron chi connectivity index (χ3n) is 3.64. The van der Waals surface area contributed by atoms with Gasteiger partial charge >= 0.3 is 0 Å². The summed E-state index contributed by atoms with van der Waals surface area (Å²) in [5.41, 5.74) is 1.66. The van der Waals surface area contributed by atoms with Gasteiger partial charge in [0.15, 0.2) is 0 Å². The molecule has 0 saturated carbocycles. The average molecular weight is 352 g/mol. The van der Waals surface area contributed by atoms with Crippen molar-refractivity contribution >= 4 is 17.4 Å². The highest BCUT2D eigenvalue weighted by Crippen LogP contribution is 2.23. The zero-order valence-electron chi connectivity index (χ0n) is 14.1. The van der Waals surface area contributed by atoms with Crippen LogP contribution in [0.25, 0.3) is 0 Å². The second-order valence-corrected chi connectivity index (χ2v) is 5.42. The molecule has 1 heterocycles. The summed E-state index contributed by atoms with van der Waals surface area (Å²) in [5, 5.41) is 5.85. The van der Waals surface area contributed by atoms with Crippen LogP contribution in [0, 0.1) is 5.82 Å². The van der Waals surface area contributed by atoms with E-state index in [1.54, 1.807) is 36.4 Å². The molecule has 0 radical (unpaired) electrons. The minimum absolute atomic E-state index is 0.215. The lowest BCUT2D eigenvalue weighted by Gasteiger charge is -2.10. The van der Waals surface area contributed by atoms with E-state index in [1.165, 1.54) is 25.6 Å². The standard InChI is InChI=1S/C19H17FN4O2/c1-26-17-5-3-2-4-15(17)24-19(25)16-10-18(23-12-22-16)21-11-13-6-8-14(20)9-7-13/h2-10,12H,11H2,1H3,(H,24,25)(H,21,22,23). The van der Waals surface area contributed by atoms with Crippen LogP contribution in [-0.4, -0.2) is 23.0 Å². The van der Waals surface area contributed by atoms with Crippen LogP contribution in [0.4, 0.5) is 15.9 Å². The van der Waals surface area contributed by atoms with Gasteiger partial charge in [-0.3, -0.25) is 4.79 Å². The Kier molecular flexibility index (Phi) is 5.38. The van der Waals surface area contributed by atoms with Crippen molar-refractivity contribution in [1.29, 1.82) is 0 Å². The summed E-state index contributed by atoms with van der Waals surface area (Å²) >= 11 is 0. The van der Waals surface area contributed by atoms with E-state index in [2.05, 4.69) is 20.6 Å². The number of anilines is 2. The molecule has 0 spiro atoms. The second kappa shape index (κ2) is 8.06. The molecule has 0 atom stereocenters. The van der Waals surface area contributed by atoms with Crippen LogP contribution >= 0.6 is 0 Å². The Bertz CT molecular complexity index is 900. The Balaban J connectivity index is 1.68. The first-order chi connectivity index (χ1) is 12.7. The fourth-order valence-corrected chi connectivity index (χ4v) is 2.31. The number of carbonyl (C=O) groups excluding carboxylic acids is 1. The summed E-state index contributed by atoms with van der Waals surface area (Å²) in [4.78, 5) is 20.5. The number of nitrogens with zero attached hydrogens (tertiary/aromatic N) is 2. The van der Waals surface area contributed by atoms with Gasteiger partial charge < -0.3 is 15.4 Å². The van der Waals surface area contributed by atoms with Gasteiger partial charge in [-0.15, -0.1) is 0 Å². The highest BCUT2D eigenvalue weighted by molar-refractivity contribution is 6.04. The fraction of sp³-hybridized carbons (Fsp3) is 0.105. The van der Waals surface area contributed by atoms with Crippen molar-refractivity contribution in [3.05, 3.63) is 78.0 Å². The number of nitrogens with one attached hydrogen (secondary N) is 2. The van der Waals surface area contributed by atoms with Crippen LogP contribution in [0.2, 0.25) is 0 Å². The lowest BCUT2D eigenvalue weighted by molar-refractivity contribution is 0.102. The monoisotopic (exact) mass is 352 g/mol. The molecule has 0 fully saturated rings. The maximum absolute atomic E-state index is 12.9. The van der Waals surface area contributed by atoms with Crippen molar-refractivity contribution in [3.8, 4) is 5.75 Å². The molecule has 0 bridgehead atoms. The first kappa shape index (κ1) is 17.3. The molecule has 0 aliphatic carbocycles. The molecule has 7 heteroatoms. The first-order valence-electron chi connectivity index (χ1n) is 7.90. The fourth-order valence-electron chi connectivity index (χ4n) is 2.31. The van der Waals surface area contributed by atoms with Gasteiger partial charge in [0.25, 0.3) is 5.91 Å². The van der Waals surface area contributed by atoms with Gasteiger partial charge in [-0.05, 0) is 29.8 Å². The maximum Gasteiger partial charge on any atom is 0.274 e. The third kappa shape index (κ3) is 4.32. The molecule has 0 unspecified atom stereocenters. The predicted molar refractivity (Wildman–Crippen MR) is 96.7 cm³/mol. The minimum atomic E-state index is -0.373. The lowest BCUT2D eigenvalue weighted by Crippen LogP contribution is -2.15. The summed E-state index contributed by atoms with van der Waals surface area (Å²) in [6, 6.07) is 14.8. The molecule has 132 valence electrons. The summed E-state index contributed by atoms with van der Waals surface area (Å²) in [6.07, 6.45) is 1.31. The highest BCUT2D eigenvalue weighted by atomic mass is 19.1. The molecular weight excluding hydrogens is 335 g/mol. The van der Waals surface area contributed by atoms with E-state index in [4.69, 9.17) is 4.74 Å². The number of para-hydroxylation sites is 2. The van der Waals surface area contributed by atoms with Crippen molar-refractivity contribution < 1.29 is 13.9 Å². The maximum atomic E-state index is 12.9. The number of methoxy groups -OCH3 is 1. The van der Waals surface area contributed by atoms with Crippen LogP contribution in [0.15, 0.2) is 60.9 Å². The second-order valence-electron chi connectivity index (χ2n) is 5.42. The molecule has 26 heavy (non-hydrogen) atoms. The summed E-state index contributed by atoms with van der Waals surface area (Å²) in [5.74, 6) is 0.395. The van der Waals surface area contributed by atoms with Gasteiger partial charge in [0.2, 0.25) is 0 Å². The zero-order chi connectivity index (χ0) is 18.4. The van der Waals surface area contributed by atoms with Gasteiger partial charge in [0.1, 0.15) is 29.4 Å². The van der Waals surface area contributed by atoms with Gasteiger partial charge in [0.05, 0.1) is 12.8 Å². The van der Waals surface area contributed by atoms with E-state index in [-0.39, 0.29) is 17.4 Å². The number of ether oxygens (including phenoxy) is 1. The molecular formula is C19H17FN4O2. The van der Waals surface area contributed by atoms with Gasteiger partial charge in [0, 0.05) is 12.6 Å². The topological polar surface area (TPSA) is 76.1 Å². The number of aromatic nitrogens is 2. The number of carbonyl (C=O) groups is 1. The molecule has 0 aliphatic heterocycles. The smallest absolute Gasteiger partial charge is 0.274 e. The molecule has 1 aromatic heterocycles. The normalized spacial score (nSPS) is 10.2. The van der Waals surface area contributed by atoms with Gasteiger partial charge in [-0.25, -0.2) is 14.4 Å². The summed E-state index contributed by atoms with van der Waals surface area (Å²) in [6.45, 7) is 0.449. The molecule has 3 rings (SSSR count). The minimum Gasteiger partial charge on any atom is -0.495 e. The molecule has 2 aromatic carbocycles. The van der Waals surface area contributed by atoms with Crippen LogP contribution in [0.1, 0.15) is 16.1 Å². The number of benzene rings is 2. The Hall–Kier alpha value is -3.48. The van der Waals surface area contributed by atoms with Crippen LogP contribution in [0.5, 0.6) is 5.75 Å². The van der Waals surface area contributed by atoms with E-state index in [1.807, 2.05) is 6.07 Å². The quantitative estimate of drug-likeness (QED) is 0.710. The molecule has 6 nitrogen and oxygen atoms in total. The molecule has 1 amide bonds. The highest BCUT2D eigenvalue weighted by Gasteiger charge is 2.11. The Labute approximate surface area is 150 Å². The summed E-state index contributed by atoms with van der Waals surface area (Å²) < 4.78 is 18.1. The van der Waals surface area contributed by atoms with Crippen LogP contribution < -0.4 is 15.4 Å². The Morgan fingerprint density at radius 2 is 1.88 bits per heavy atom. The number of amides is 1. The van der Waals surface area contributed by atoms with Crippen molar-refractivity contribution in [3.63, 3.8) is 0 Å². The average Bonchev–Trinajstić information content (AvgIpc) is 2.68. The van der Waals surface area contributed by atoms with E-state index in [9.17, 15) is 9.18 Å². The number of rotatable bonds is 6. The van der Waals surface area contributed by atoms with Gasteiger partial charge in [-0.2, -0.15) is 0 Å². The van der Waals surface area contributed by atoms with Crippen molar-refractivity contribution in [2.24, 2.45) is 0 Å². The third-order valence-corrected chi connectivity index (χ3v) is 3.64. The lowest BCUT2D eigenvalue weighted by atomic mass is 10.2. The number of halogens is 1. The van der Waals surface area contributed by atoms with Crippen molar-refractivity contribution in [1.82, 2.24) is 9.97 Å². The van der Waals surface area contributed by atoms with Crippen LogP contribution in [0.3, 0.4) is 0 Å². The zero-order valence-corrected chi connectivity index (χ0v) is 14.1. The molecule has 0 saturated heterocycles. The molecule has 0 aliphatic rings. The van der Waals surface area contributed by atoms with Gasteiger partial charge in [-0.1, -0.05) is 24.3 Å². The Morgan fingerprint density at radius 1 is 1.12 bits per heavy atom. The predicted octanol–water partition coefficient (Wildman–Crippen LogP) is 3.49. The van der Waals surface area contributed by atoms with Crippen molar-refractivity contribution in [2.75, 3.05) is 17.7 Å².